The molecule has 0 fully saturated rings. The van der Waals surface area contributed by atoms with Gasteiger partial charge in [0.1, 0.15) is 17.4 Å². The Morgan fingerprint density at radius 3 is 2.67 bits per heavy atom. The molecule has 1 aromatic carbocycles. The van der Waals surface area contributed by atoms with Gasteiger partial charge in [-0.3, -0.25) is 4.72 Å². The summed E-state index contributed by atoms with van der Waals surface area (Å²) in [5.41, 5.74) is -0.473. The maximum absolute atomic E-state index is 13.5. The van der Waals surface area contributed by atoms with E-state index in [1.165, 1.54) is 12.1 Å². The van der Waals surface area contributed by atoms with Crippen molar-refractivity contribution in [3.8, 4) is 0 Å². The number of furan rings is 1. The van der Waals surface area contributed by atoms with Gasteiger partial charge in [0.25, 0.3) is 10.0 Å². The molecule has 5 nitrogen and oxygen atoms in total. The molecule has 2 N–H and O–H groups in total. The molecule has 2 aromatic rings. The van der Waals surface area contributed by atoms with E-state index in [0.717, 1.165) is 18.2 Å². The Hall–Kier alpha value is -1.93. The third-order valence-electron chi connectivity index (χ3n) is 2.62. The van der Waals surface area contributed by atoms with Gasteiger partial charge in [-0.15, -0.1) is 0 Å². The van der Waals surface area contributed by atoms with Crippen LogP contribution in [0.5, 0.6) is 0 Å². The Labute approximate surface area is 121 Å². The predicted octanol–water partition coefficient (Wildman–Crippen LogP) is 2.47. The van der Waals surface area contributed by atoms with Crippen LogP contribution in [0.15, 0.2) is 39.8 Å². The average Bonchev–Trinajstić information content (AvgIpc) is 2.90. The topological polar surface area (TPSA) is 71.3 Å². The molecule has 0 aliphatic heterocycles. The molecule has 0 amide bonds. The largest absolute Gasteiger partial charge is 0.446 e. The summed E-state index contributed by atoms with van der Waals surface area (Å²) >= 11 is 0. The number of rotatable bonds is 6. The first-order valence-electron chi connectivity index (χ1n) is 6.19. The van der Waals surface area contributed by atoms with Crippen molar-refractivity contribution in [3.05, 3.63) is 47.7 Å². The van der Waals surface area contributed by atoms with Crippen LogP contribution in [0.25, 0.3) is 0 Å². The van der Waals surface area contributed by atoms with Crippen LogP contribution in [0.4, 0.5) is 14.5 Å². The molecule has 2 rings (SSSR count). The van der Waals surface area contributed by atoms with Crippen LogP contribution < -0.4 is 10.0 Å². The van der Waals surface area contributed by atoms with Gasteiger partial charge in [0.15, 0.2) is 0 Å². The van der Waals surface area contributed by atoms with E-state index in [4.69, 9.17) is 4.42 Å². The molecule has 0 saturated heterocycles. The van der Waals surface area contributed by atoms with Gasteiger partial charge in [0.05, 0.1) is 12.2 Å². The Morgan fingerprint density at radius 1 is 1.19 bits per heavy atom. The first kappa shape index (κ1) is 15.5. The summed E-state index contributed by atoms with van der Waals surface area (Å²) in [5.74, 6) is -1.20. The summed E-state index contributed by atoms with van der Waals surface area (Å²) in [6, 6.07) is 5.25. The van der Waals surface area contributed by atoms with E-state index < -0.39 is 27.3 Å². The molecule has 0 aliphatic carbocycles. The first-order valence-corrected chi connectivity index (χ1v) is 7.68. The number of benzene rings is 1. The monoisotopic (exact) mass is 316 g/mol. The Kier molecular flexibility index (Phi) is 4.59. The molecular formula is C13H14F2N2O3S. The number of sulfonamides is 1. The van der Waals surface area contributed by atoms with E-state index in [0.29, 0.717) is 18.8 Å². The van der Waals surface area contributed by atoms with E-state index in [-0.39, 0.29) is 5.09 Å². The molecule has 0 spiro atoms. The van der Waals surface area contributed by atoms with Gasteiger partial charge in [-0.2, -0.15) is 8.42 Å². The van der Waals surface area contributed by atoms with Crippen LogP contribution in [0.1, 0.15) is 12.7 Å². The van der Waals surface area contributed by atoms with E-state index in [1.54, 1.807) is 0 Å². The lowest BCUT2D eigenvalue weighted by Gasteiger charge is -2.07. The highest BCUT2D eigenvalue weighted by Gasteiger charge is 2.20. The van der Waals surface area contributed by atoms with Gasteiger partial charge in [0, 0.05) is 6.07 Å². The second-order valence-electron chi connectivity index (χ2n) is 4.23. The van der Waals surface area contributed by atoms with Crippen molar-refractivity contribution >= 4 is 15.7 Å². The van der Waals surface area contributed by atoms with Crippen molar-refractivity contribution in [1.29, 1.82) is 0 Å². The molecule has 21 heavy (non-hydrogen) atoms. The van der Waals surface area contributed by atoms with Gasteiger partial charge in [-0.05, 0) is 30.8 Å². The minimum atomic E-state index is -4.11. The maximum Gasteiger partial charge on any atom is 0.295 e. The van der Waals surface area contributed by atoms with Crippen LogP contribution >= 0.6 is 0 Å². The smallest absolute Gasteiger partial charge is 0.295 e. The highest BCUT2D eigenvalue weighted by atomic mass is 32.2. The number of halogens is 2. The molecular weight excluding hydrogens is 302 g/mol. The molecule has 0 unspecified atom stereocenters. The SMILES string of the molecule is CCNCc1ccc(S(=O)(=O)Nc2cc(F)ccc2F)o1. The summed E-state index contributed by atoms with van der Waals surface area (Å²) in [6.45, 7) is 2.98. The lowest BCUT2D eigenvalue weighted by atomic mass is 10.3. The highest BCUT2D eigenvalue weighted by Crippen LogP contribution is 2.21. The van der Waals surface area contributed by atoms with Crippen LogP contribution in [0.3, 0.4) is 0 Å². The van der Waals surface area contributed by atoms with E-state index in [9.17, 15) is 17.2 Å². The second-order valence-corrected chi connectivity index (χ2v) is 5.84. The Bertz CT molecular complexity index is 729. The molecule has 114 valence electrons. The van der Waals surface area contributed by atoms with Crippen LogP contribution in [-0.4, -0.2) is 15.0 Å². The van der Waals surface area contributed by atoms with Crippen molar-refractivity contribution in [3.63, 3.8) is 0 Å². The minimum Gasteiger partial charge on any atom is -0.446 e. The number of nitrogens with one attached hydrogen (secondary N) is 2. The second kappa shape index (κ2) is 6.23. The van der Waals surface area contributed by atoms with Gasteiger partial charge in [-0.25, -0.2) is 8.78 Å². The van der Waals surface area contributed by atoms with Crippen LogP contribution in [0, 0.1) is 11.6 Å². The summed E-state index contributed by atoms with van der Waals surface area (Å²) in [6.07, 6.45) is 0. The predicted molar refractivity (Wildman–Crippen MR) is 73.3 cm³/mol. The third-order valence-corrected chi connectivity index (χ3v) is 3.86. The molecule has 0 saturated carbocycles. The van der Waals surface area contributed by atoms with Crippen molar-refractivity contribution in [2.24, 2.45) is 0 Å². The van der Waals surface area contributed by atoms with E-state index in [2.05, 4.69) is 5.32 Å². The fourth-order valence-electron chi connectivity index (χ4n) is 1.62. The fraction of sp³-hybridized carbons (Fsp3) is 0.231. The molecule has 0 aliphatic rings. The quantitative estimate of drug-likeness (QED) is 0.859. The zero-order valence-corrected chi connectivity index (χ0v) is 12.0. The van der Waals surface area contributed by atoms with Crippen molar-refractivity contribution in [2.45, 2.75) is 18.6 Å². The standard InChI is InChI=1S/C13H14F2N2O3S/c1-2-16-8-10-4-6-13(20-10)21(18,19)17-12-7-9(14)3-5-11(12)15/h3-7,16-17H,2,8H2,1H3. The number of anilines is 1. The Balaban J connectivity index is 2.22. The van der Waals surface area contributed by atoms with E-state index >= 15 is 0 Å². The number of hydrogen-bond donors (Lipinski definition) is 2. The molecule has 8 heteroatoms. The van der Waals surface area contributed by atoms with Crippen molar-refractivity contribution in [1.82, 2.24) is 5.32 Å². The summed E-state index contributed by atoms with van der Waals surface area (Å²) in [7, 11) is -4.11. The van der Waals surface area contributed by atoms with Gasteiger partial charge in [-0.1, -0.05) is 6.92 Å². The molecule has 1 aromatic heterocycles. The van der Waals surface area contributed by atoms with Gasteiger partial charge in [0.2, 0.25) is 5.09 Å². The zero-order valence-electron chi connectivity index (χ0n) is 11.2. The highest BCUT2D eigenvalue weighted by molar-refractivity contribution is 7.92. The van der Waals surface area contributed by atoms with E-state index in [1.807, 2.05) is 11.6 Å². The lowest BCUT2D eigenvalue weighted by molar-refractivity contribution is 0.405. The van der Waals surface area contributed by atoms with Gasteiger partial charge < -0.3 is 9.73 Å². The number of hydrogen-bond acceptors (Lipinski definition) is 4. The first-order chi connectivity index (χ1) is 9.92. The molecule has 1 heterocycles. The lowest BCUT2D eigenvalue weighted by Crippen LogP contribution is -2.14. The summed E-state index contributed by atoms with van der Waals surface area (Å²) < 4.78 is 57.7. The normalized spacial score (nSPS) is 11.6. The van der Waals surface area contributed by atoms with Crippen molar-refractivity contribution < 1.29 is 21.6 Å². The fourth-order valence-corrected chi connectivity index (χ4v) is 2.63. The maximum atomic E-state index is 13.5. The van der Waals surface area contributed by atoms with Gasteiger partial charge >= 0.3 is 0 Å². The van der Waals surface area contributed by atoms with Crippen LogP contribution in [0.2, 0.25) is 0 Å². The molecule has 0 bridgehead atoms. The molecule has 0 radical (unpaired) electrons. The van der Waals surface area contributed by atoms with Crippen molar-refractivity contribution in [2.75, 3.05) is 11.3 Å². The third kappa shape index (κ3) is 3.79. The Morgan fingerprint density at radius 2 is 1.95 bits per heavy atom. The zero-order chi connectivity index (χ0) is 15.5. The summed E-state index contributed by atoms with van der Waals surface area (Å²) in [4.78, 5) is 0. The minimum absolute atomic E-state index is 0.362. The molecule has 0 atom stereocenters. The average molecular weight is 316 g/mol. The van der Waals surface area contributed by atoms with Crippen LogP contribution in [-0.2, 0) is 16.6 Å². The summed E-state index contributed by atoms with van der Waals surface area (Å²) in [5, 5.41) is 2.62.